The van der Waals surface area contributed by atoms with Gasteiger partial charge in [-0.15, -0.1) is 0 Å². The number of hydrogen-bond acceptors (Lipinski definition) is 4. The molecule has 0 aromatic heterocycles. The predicted octanol–water partition coefficient (Wildman–Crippen LogP) is 2.11. The van der Waals surface area contributed by atoms with Gasteiger partial charge in [-0.1, -0.05) is 13.0 Å². The second kappa shape index (κ2) is 6.06. The molecule has 0 N–H and O–H groups in total. The third-order valence-corrected chi connectivity index (χ3v) is 4.06. The molecule has 0 radical (unpaired) electrons. The summed E-state index contributed by atoms with van der Waals surface area (Å²) in [6.45, 7) is 6.57. The number of nitrogens with zero attached hydrogens (tertiary/aromatic N) is 2. The number of esters is 1. The van der Waals surface area contributed by atoms with Gasteiger partial charge in [0.2, 0.25) is 0 Å². The molecule has 1 aromatic carbocycles. The minimum Gasteiger partial charge on any atom is -0.469 e. The van der Waals surface area contributed by atoms with Crippen LogP contribution in [0.5, 0.6) is 0 Å². The first-order valence-corrected chi connectivity index (χ1v) is 6.85. The third-order valence-electron chi connectivity index (χ3n) is 4.06. The predicted molar refractivity (Wildman–Crippen MR) is 75.8 cm³/mol. The standard InChI is InChI=1S/C16H20N2O2/c1-11-6-13(7-17)4-5-14(11)9-18-8-12(2)15(10-18)16(19)20-3/h4-6,12,15H,8-10H2,1-3H3. The van der Waals surface area contributed by atoms with Crippen LogP contribution in [0.15, 0.2) is 18.2 Å². The molecule has 1 aromatic rings. The number of benzene rings is 1. The van der Waals surface area contributed by atoms with E-state index in [4.69, 9.17) is 10.00 Å². The van der Waals surface area contributed by atoms with Crippen LogP contribution in [0.25, 0.3) is 0 Å². The average molecular weight is 272 g/mol. The zero-order valence-electron chi connectivity index (χ0n) is 12.2. The fraction of sp³-hybridized carbons (Fsp3) is 0.500. The molecule has 2 atom stereocenters. The van der Waals surface area contributed by atoms with Crippen LogP contribution in [0.2, 0.25) is 0 Å². The monoisotopic (exact) mass is 272 g/mol. The molecule has 0 saturated carbocycles. The van der Waals surface area contributed by atoms with Crippen LogP contribution < -0.4 is 0 Å². The number of hydrogen-bond donors (Lipinski definition) is 0. The van der Waals surface area contributed by atoms with Crippen LogP contribution in [0.1, 0.15) is 23.6 Å². The molecule has 0 aliphatic carbocycles. The van der Waals surface area contributed by atoms with Gasteiger partial charge in [0, 0.05) is 19.6 Å². The van der Waals surface area contributed by atoms with Crippen molar-refractivity contribution < 1.29 is 9.53 Å². The van der Waals surface area contributed by atoms with Gasteiger partial charge in [0.15, 0.2) is 0 Å². The molecular weight excluding hydrogens is 252 g/mol. The fourth-order valence-corrected chi connectivity index (χ4v) is 2.84. The summed E-state index contributed by atoms with van der Waals surface area (Å²) in [5.41, 5.74) is 3.02. The summed E-state index contributed by atoms with van der Waals surface area (Å²) in [4.78, 5) is 14.0. The summed E-state index contributed by atoms with van der Waals surface area (Å²) in [7, 11) is 1.45. The highest BCUT2D eigenvalue weighted by molar-refractivity contribution is 5.73. The summed E-state index contributed by atoms with van der Waals surface area (Å²) in [6.07, 6.45) is 0. The van der Waals surface area contributed by atoms with Crippen molar-refractivity contribution in [1.82, 2.24) is 4.90 Å². The number of ether oxygens (including phenoxy) is 1. The number of rotatable bonds is 3. The van der Waals surface area contributed by atoms with E-state index in [-0.39, 0.29) is 11.9 Å². The Labute approximate surface area is 120 Å². The van der Waals surface area contributed by atoms with Crippen LogP contribution in [0, 0.1) is 30.1 Å². The number of nitriles is 1. The van der Waals surface area contributed by atoms with Crippen molar-refractivity contribution in [2.75, 3.05) is 20.2 Å². The highest BCUT2D eigenvalue weighted by Gasteiger charge is 2.35. The van der Waals surface area contributed by atoms with E-state index in [0.29, 0.717) is 11.5 Å². The van der Waals surface area contributed by atoms with Crippen molar-refractivity contribution in [3.8, 4) is 6.07 Å². The van der Waals surface area contributed by atoms with Crippen molar-refractivity contribution >= 4 is 5.97 Å². The summed E-state index contributed by atoms with van der Waals surface area (Å²) >= 11 is 0. The second-order valence-electron chi connectivity index (χ2n) is 5.55. The Morgan fingerprint density at radius 3 is 2.85 bits per heavy atom. The van der Waals surface area contributed by atoms with Gasteiger partial charge >= 0.3 is 5.97 Å². The number of carbonyl (C=O) groups excluding carboxylic acids is 1. The van der Waals surface area contributed by atoms with Crippen molar-refractivity contribution in [1.29, 1.82) is 5.26 Å². The van der Waals surface area contributed by atoms with Crippen LogP contribution in [-0.4, -0.2) is 31.1 Å². The first-order chi connectivity index (χ1) is 9.55. The van der Waals surface area contributed by atoms with Crippen molar-refractivity contribution in [2.45, 2.75) is 20.4 Å². The summed E-state index contributed by atoms with van der Waals surface area (Å²) in [5.74, 6) is 0.177. The van der Waals surface area contributed by atoms with Gasteiger partial charge in [-0.3, -0.25) is 9.69 Å². The van der Waals surface area contributed by atoms with E-state index < -0.39 is 0 Å². The van der Waals surface area contributed by atoms with E-state index in [0.717, 1.165) is 25.2 Å². The quantitative estimate of drug-likeness (QED) is 0.791. The minimum absolute atomic E-state index is 0.0290. The fourth-order valence-electron chi connectivity index (χ4n) is 2.84. The van der Waals surface area contributed by atoms with Crippen LogP contribution in [0.4, 0.5) is 0 Å². The number of methoxy groups -OCH3 is 1. The van der Waals surface area contributed by atoms with Gasteiger partial charge in [0.05, 0.1) is 24.7 Å². The third kappa shape index (κ3) is 3.00. The van der Waals surface area contributed by atoms with E-state index in [1.54, 1.807) is 0 Å². The van der Waals surface area contributed by atoms with E-state index in [2.05, 4.69) is 17.9 Å². The van der Waals surface area contributed by atoms with Gasteiger partial charge in [-0.05, 0) is 36.1 Å². The van der Waals surface area contributed by atoms with Crippen LogP contribution in [-0.2, 0) is 16.1 Å². The van der Waals surface area contributed by atoms with E-state index >= 15 is 0 Å². The Morgan fingerprint density at radius 2 is 2.25 bits per heavy atom. The molecule has 1 saturated heterocycles. The lowest BCUT2D eigenvalue weighted by Gasteiger charge is -2.17. The number of carbonyl (C=O) groups is 1. The highest BCUT2D eigenvalue weighted by Crippen LogP contribution is 2.26. The minimum atomic E-state index is -0.114. The van der Waals surface area contributed by atoms with E-state index in [9.17, 15) is 4.79 Å². The van der Waals surface area contributed by atoms with Gasteiger partial charge in [0.25, 0.3) is 0 Å². The van der Waals surface area contributed by atoms with Gasteiger partial charge in [-0.25, -0.2) is 0 Å². The van der Waals surface area contributed by atoms with E-state index in [1.807, 2.05) is 25.1 Å². The van der Waals surface area contributed by atoms with Crippen LogP contribution in [0.3, 0.4) is 0 Å². The Bertz CT molecular complexity index is 548. The molecule has 20 heavy (non-hydrogen) atoms. The highest BCUT2D eigenvalue weighted by atomic mass is 16.5. The molecule has 1 aliphatic heterocycles. The molecule has 0 spiro atoms. The second-order valence-corrected chi connectivity index (χ2v) is 5.55. The molecule has 1 fully saturated rings. The smallest absolute Gasteiger partial charge is 0.310 e. The Morgan fingerprint density at radius 1 is 1.50 bits per heavy atom. The maximum Gasteiger partial charge on any atom is 0.310 e. The SMILES string of the molecule is COC(=O)C1CN(Cc2ccc(C#N)cc2C)CC1C. The summed E-state index contributed by atoms with van der Waals surface area (Å²) in [6, 6.07) is 7.91. The molecule has 2 rings (SSSR count). The van der Waals surface area contributed by atoms with Crippen molar-refractivity contribution in [3.63, 3.8) is 0 Å². The van der Waals surface area contributed by atoms with Gasteiger partial charge < -0.3 is 4.74 Å². The summed E-state index contributed by atoms with van der Waals surface area (Å²) in [5, 5.41) is 8.88. The molecule has 4 heteroatoms. The van der Waals surface area contributed by atoms with Crippen LogP contribution >= 0.6 is 0 Å². The normalized spacial score (nSPS) is 22.5. The van der Waals surface area contributed by atoms with Gasteiger partial charge in [-0.2, -0.15) is 5.26 Å². The number of likely N-dealkylation sites (tertiary alicyclic amines) is 1. The topological polar surface area (TPSA) is 53.3 Å². The zero-order valence-corrected chi connectivity index (χ0v) is 12.2. The average Bonchev–Trinajstić information content (AvgIpc) is 2.81. The molecule has 1 aliphatic rings. The molecule has 4 nitrogen and oxygen atoms in total. The first kappa shape index (κ1) is 14.5. The van der Waals surface area contributed by atoms with Crippen molar-refractivity contribution in [3.05, 3.63) is 34.9 Å². The largest absolute Gasteiger partial charge is 0.469 e. The molecule has 106 valence electrons. The summed E-state index contributed by atoms with van der Waals surface area (Å²) < 4.78 is 4.86. The van der Waals surface area contributed by atoms with Gasteiger partial charge in [0.1, 0.15) is 0 Å². The lowest BCUT2D eigenvalue weighted by atomic mass is 9.99. The lowest BCUT2D eigenvalue weighted by molar-refractivity contribution is -0.146. The number of aryl methyl sites for hydroxylation is 1. The Balaban J connectivity index is 2.05. The lowest BCUT2D eigenvalue weighted by Crippen LogP contribution is -2.24. The maximum atomic E-state index is 11.7. The Kier molecular flexibility index (Phi) is 4.41. The molecule has 0 amide bonds. The van der Waals surface area contributed by atoms with Crippen molar-refractivity contribution in [2.24, 2.45) is 11.8 Å². The molecular formula is C16H20N2O2. The molecule has 0 bridgehead atoms. The zero-order chi connectivity index (χ0) is 14.7. The molecule has 2 unspecified atom stereocenters. The first-order valence-electron chi connectivity index (χ1n) is 6.85. The van der Waals surface area contributed by atoms with E-state index in [1.165, 1.54) is 12.7 Å². The molecule has 1 heterocycles. The Hall–Kier alpha value is -1.86. The maximum absolute atomic E-state index is 11.7.